The number of nitrogens with two attached hydrogens (primary N) is 1. The van der Waals surface area contributed by atoms with Crippen LogP contribution in [0.3, 0.4) is 0 Å². The zero-order chi connectivity index (χ0) is 12.3. The highest BCUT2D eigenvalue weighted by Crippen LogP contribution is 2.32. The van der Waals surface area contributed by atoms with Gasteiger partial charge >= 0.3 is 0 Å². The lowest BCUT2D eigenvalue weighted by Crippen LogP contribution is -2.01. The lowest BCUT2D eigenvalue weighted by Gasteiger charge is -2.10. The number of nitrogen functional groups attached to an aromatic ring is 1. The number of ether oxygens (including phenoxy) is 2. The quantitative estimate of drug-likeness (QED) is 0.864. The van der Waals surface area contributed by atoms with E-state index in [1.807, 2.05) is 6.92 Å². The van der Waals surface area contributed by atoms with Crippen molar-refractivity contribution in [1.29, 1.82) is 0 Å². The molecule has 0 fully saturated rings. The Morgan fingerprint density at radius 1 is 1.24 bits per heavy atom. The van der Waals surface area contributed by atoms with Crippen LogP contribution in [0.2, 0.25) is 0 Å². The van der Waals surface area contributed by atoms with Crippen LogP contribution in [0, 0.1) is 6.92 Å². The summed E-state index contributed by atoms with van der Waals surface area (Å²) in [5.74, 6) is 1.43. The van der Waals surface area contributed by atoms with Gasteiger partial charge in [0.2, 0.25) is 5.75 Å². The smallest absolute Gasteiger partial charge is 0.268 e. The highest BCUT2D eigenvalue weighted by molar-refractivity contribution is 5.52. The maximum Gasteiger partial charge on any atom is 0.268 e. The van der Waals surface area contributed by atoms with Crippen molar-refractivity contribution < 1.29 is 9.47 Å². The van der Waals surface area contributed by atoms with Gasteiger partial charge in [-0.1, -0.05) is 0 Å². The molecule has 6 nitrogen and oxygen atoms in total. The van der Waals surface area contributed by atoms with Crippen molar-refractivity contribution >= 4 is 5.82 Å². The Balaban J connectivity index is 2.37. The van der Waals surface area contributed by atoms with Crippen LogP contribution in [-0.2, 0) is 0 Å². The van der Waals surface area contributed by atoms with Gasteiger partial charge < -0.3 is 15.2 Å². The van der Waals surface area contributed by atoms with Crippen LogP contribution in [0.4, 0.5) is 5.82 Å². The summed E-state index contributed by atoms with van der Waals surface area (Å²) in [6.07, 6.45) is 3.01. The summed E-state index contributed by atoms with van der Waals surface area (Å²) >= 11 is 0. The fraction of sp³-hybridized carbons (Fsp3) is 0.182. The van der Waals surface area contributed by atoms with Crippen LogP contribution in [0.15, 0.2) is 24.7 Å². The molecular formula is C11H12N4O2. The monoisotopic (exact) mass is 232 g/mol. The van der Waals surface area contributed by atoms with Gasteiger partial charge in [-0.15, -0.1) is 0 Å². The first-order valence-corrected chi connectivity index (χ1v) is 4.96. The Morgan fingerprint density at radius 3 is 2.76 bits per heavy atom. The standard InChI is InChI=1S/C11H12N4O2/c1-7-8(4-3-5-13-7)17-11-9(16-2)10(12)14-6-15-11/h3-6H,1-2H3,(H2,12,14,15). The molecule has 0 unspecified atom stereocenters. The summed E-state index contributed by atoms with van der Waals surface area (Å²) in [6, 6.07) is 3.57. The minimum absolute atomic E-state index is 0.235. The van der Waals surface area contributed by atoms with Crippen molar-refractivity contribution in [2.75, 3.05) is 12.8 Å². The van der Waals surface area contributed by atoms with Crippen LogP contribution in [0.25, 0.3) is 0 Å². The van der Waals surface area contributed by atoms with Crippen LogP contribution in [0.5, 0.6) is 17.4 Å². The predicted molar refractivity (Wildman–Crippen MR) is 62.0 cm³/mol. The molecule has 88 valence electrons. The maximum absolute atomic E-state index is 5.65. The summed E-state index contributed by atoms with van der Waals surface area (Å²) in [6.45, 7) is 1.84. The zero-order valence-electron chi connectivity index (χ0n) is 9.54. The summed E-state index contributed by atoms with van der Waals surface area (Å²) < 4.78 is 10.7. The van der Waals surface area contributed by atoms with Crippen LogP contribution < -0.4 is 15.2 Å². The highest BCUT2D eigenvalue weighted by Gasteiger charge is 2.12. The first-order chi connectivity index (χ1) is 8.22. The molecule has 0 atom stereocenters. The van der Waals surface area contributed by atoms with Gasteiger partial charge in [0.25, 0.3) is 5.88 Å². The third kappa shape index (κ3) is 2.25. The van der Waals surface area contributed by atoms with E-state index in [1.165, 1.54) is 13.4 Å². The van der Waals surface area contributed by atoms with Crippen molar-refractivity contribution in [1.82, 2.24) is 15.0 Å². The van der Waals surface area contributed by atoms with Gasteiger partial charge in [0, 0.05) is 6.20 Å². The molecule has 0 aliphatic heterocycles. The molecule has 0 amide bonds. The number of hydrogen-bond donors (Lipinski definition) is 1. The van der Waals surface area contributed by atoms with E-state index in [-0.39, 0.29) is 11.7 Å². The first-order valence-electron chi connectivity index (χ1n) is 4.96. The van der Waals surface area contributed by atoms with E-state index in [0.29, 0.717) is 11.5 Å². The molecule has 0 aliphatic rings. The molecule has 2 aromatic rings. The number of nitrogens with zero attached hydrogens (tertiary/aromatic N) is 3. The number of rotatable bonds is 3. The van der Waals surface area contributed by atoms with Gasteiger partial charge in [-0.3, -0.25) is 4.98 Å². The maximum atomic E-state index is 5.65. The lowest BCUT2D eigenvalue weighted by atomic mass is 10.3. The number of methoxy groups -OCH3 is 1. The Labute approximate surface area is 98.4 Å². The molecule has 0 aromatic carbocycles. The van der Waals surface area contributed by atoms with Gasteiger partial charge in [-0.25, -0.2) is 4.98 Å². The molecule has 0 saturated carbocycles. The minimum Gasteiger partial charge on any atom is -0.489 e. The fourth-order valence-corrected chi connectivity index (χ4v) is 1.32. The van der Waals surface area contributed by atoms with Crippen LogP contribution in [-0.4, -0.2) is 22.1 Å². The lowest BCUT2D eigenvalue weighted by molar-refractivity contribution is 0.368. The second kappa shape index (κ2) is 4.65. The molecule has 2 rings (SSSR count). The third-order valence-electron chi connectivity index (χ3n) is 2.17. The van der Waals surface area contributed by atoms with E-state index in [9.17, 15) is 0 Å². The SMILES string of the molecule is COc1c(N)ncnc1Oc1cccnc1C. The molecule has 0 spiro atoms. The van der Waals surface area contributed by atoms with Crippen molar-refractivity contribution in [3.63, 3.8) is 0 Å². The topological polar surface area (TPSA) is 83.2 Å². The number of aryl methyl sites for hydroxylation is 1. The van der Waals surface area contributed by atoms with Gasteiger partial charge in [0.1, 0.15) is 6.33 Å². The van der Waals surface area contributed by atoms with Gasteiger partial charge in [-0.2, -0.15) is 4.98 Å². The normalized spacial score (nSPS) is 10.0. The van der Waals surface area contributed by atoms with E-state index < -0.39 is 0 Å². The zero-order valence-corrected chi connectivity index (χ0v) is 9.54. The highest BCUT2D eigenvalue weighted by atomic mass is 16.5. The first kappa shape index (κ1) is 11.1. The molecule has 0 aliphatic carbocycles. The van der Waals surface area contributed by atoms with Crippen molar-refractivity contribution in [2.24, 2.45) is 0 Å². The molecule has 0 saturated heterocycles. The van der Waals surface area contributed by atoms with Gasteiger partial charge in [0.15, 0.2) is 11.6 Å². The largest absolute Gasteiger partial charge is 0.489 e. The number of aromatic nitrogens is 3. The molecule has 2 N–H and O–H groups in total. The average molecular weight is 232 g/mol. The van der Waals surface area contributed by atoms with E-state index >= 15 is 0 Å². The Bertz CT molecular complexity index is 531. The second-order valence-corrected chi connectivity index (χ2v) is 3.29. The minimum atomic E-state index is 0.235. The summed E-state index contributed by atoms with van der Waals surface area (Å²) in [5, 5.41) is 0. The predicted octanol–water partition coefficient (Wildman–Crippen LogP) is 1.56. The average Bonchev–Trinajstić information content (AvgIpc) is 2.32. The summed E-state index contributed by atoms with van der Waals surface area (Å²) in [5.41, 5.74) is 6.41. The van der Waals surface area contributed by atoms with Crippen molar-refractivity contribution in [3.8, 4) is 17.4 Å². The molecule has 2 heterocycles. The molecular weight excluding hydrogens is 220 g/mol. The fourth-order valence-electron chi connectivity index (χ4n) is 1.32. The van der Waals surface area contributed by atoms with Crippen LogP contribution in [0.1, 0.15) is 5.69 Å². The number of hydrogen-bond acceptors (Lipinski definition) is 6. The van der Waals surface area contributed by atoms with Crippen molar-refractivity contribution in [3.05, 3.63) is 30.4 Å². The molecule has 17 heavy (non-hydrogen) atoms. The second-order valence-electron chi connectivity index (χ2n) is 3.29. The number of anilines is 1. The van der Waals surface area contributed by atoms with E-state index in [2.05, 4.69) is 15.0 Å². The van der Waals surface area contributed by atoms with Gasteiger partial charge in [0.05, 0.1) is 12.8 Å². The van der Waals surface area contributed by atoms with E-state index in [4.69, 9.17) is 15.2 Å². The Kier molecular flexibility index (Phi) is 3.04. The Hall–Kier alpha value is -2.37. The number of pyridine rings is 1. The molecule has 0 bridgehead atoms. The van der Waals surface area contributed by atoms with E-state index in [1.54, 1.807) is 18.3 Å². The molecule has 2 aromatic heterocycles. The molecule has 0 radical (unpaired) electrons. The molecule has 6 heteroatoms. The Morgan fingerprint density at radius 2 is 2.06 bits per heavy atom. The summed E-state index contributed by atoms with van der Waals surface area (Å²) in [4.78, 5) is 11.9. The third-order valence-corrected chi connectivity index (χ3v) is 2.17. The van der Waals surface area contributed by atoms with Gasteiger partial charge in [-0.05, 0) is 19.1 Å². The van der Waals surface area contributed by atoms with Crippen LogP contribution >= 0.6 is 0 Å². The van der Waals surface area contributed by atoms with E-state index in [0.717, 1.165) is 5.69 Å². The van der Waals surface area contributed by atoms with Crippen molar-refractivity contribution in [2.45, 2.75) is 6.92 Å². The summed E-state index contributed by atoms with van der Waals surface area (Å²) in [7, 11) is 1.48.